The highest BCUT2D eigenvalue weighted by Gasteiger charge is 2.37. The molecule has 2 amide bonds. The molecule has 3 rings (SSSR count). The largest absolute Gasteiger partial charge is 0.493 e. The summed E-state index contributed by atoms with van der Waals surface area (Å²) in [6.07, 6.45) is 1.60. The molecule has 1 N–H and O–H groups in total. The SMILES string of the molecule is COc1cc(/C=C2/SC(=O)N(c3cccc(C)c3C)C2=O)ccc1OCC(=O)O. The first-order chi connectivity index (χ1) is 13.8. The first kappa shape index (κ1) is 20.5. The smallest absolute Gasteiger partial charge is 0.341 e. The van der Waals surface area contributed by atoms with Crippen LogP contribution in [0.25, 0.3) is 6.08 Å². The Balaban J connectivity index is 1.89. The Bertz CT molecular complexity index is 1030. The monoisotopic (exact) mass is 413 g/mol. The summed E-state index contributed by atoms with van der Waals surface area (Å²) >= 11 is 0.867. The van der Waals surface area contributed by atoms with Gasteiger partial charge in [-0.15, -0.1) is 0 Å². The van der Waals surface area contributed by atoms with E-state index in [1.54, 1.807) is 30.3 Å². The van der Waals surface area contributed by atoms with Crippen LogP contribution in [0.2, 0.25) is 0 Å². The maximum Gasteiger partial charge on any atom is 0.341 e. The quantitative estimate of drug-likeness (QED) is 0.715. The van der Waals surface area contributed by atoms with Gasteiger partial charge in [0, 0.05) is 0 Å². The van der Waals surface area contributed by atoms with Crippen molar-refractivity contribution >= 4 is 40.6 Å². The molecular formula is C21H19NO6S. The molecule has 7 nitrogen and oxygen atoms in total. The molecule has 29 heavy (non-hydrogen) atoms. The van der Waals surface area contributed by atoms with Gasteiger partial charge in [0.05, 0.1) is 17.7 Å². The number of benzene rings is 2. The second-order valence-corrected chi connectivity index (χ2v) is 7.32. The number of ether oxygens (including phenoxy) is 2. The normalized spacial score (nSPS) is 15.1. The number of nitrogens with zero attached hydrogens (tertiary/aromatic N) is 1. The number of aryl methyl sites for hydroxylation is 1. The fourth-order valence-electron chi connectivity index (χ4n) is 2.84. The lowest BCUT2D eigenvalue weighted by atomic mass is 10.1. The molecular weight excluding hydrogens is 394 g/mol. The first-order valence-corrected chi connectivity index (χ1v) is 9.50. The molecule has 2 aromatic rings. The van der Waals surface area contributed by atoms with Gasteiger partial charge in [0.1, 0.15) is 0 Å². The number of imide groups is 1. The molecule has 0 spiro atoms. The number of anilines is 1. The van der Waals surface area contributed by atoms with E-state index in [-0.39, 0.29) is 21.8 Å². The third-order valence-corrected chi connectivity index (χ3v) is 5.32. The van der Waals surface area contributed by atoms with Gasteiger partial charge in [-0.3, -0.25) is 9.59 Å². The number of carboxylic acids is 1. The molecule has 0 unspecified atom stereocenters. The lowest BCUT2D eigenvalue weighted by molar-refractivity contribution is -0.139. The van der Waals surface area contributed by atoms with E-state index >= 15 is 0 Å². The minimum Gasteiger partial charge on any atom is -0.493 e. The van der Waals surface area contributed by atoms with Crippen LogP contribution in [-0.2, 0) is 9.59 Å². The Hall–Kier alpha value is -3.26. The third-order valence-electron chi connectivity index (χ3n) is 4.45. The summed E-state index contributed by atoms with van der Waals surface area (Å²) in [5.41, 5.74) is 3.06. The van der Waals surface area contributed by atoms with Crippen LogP contribution in [0, 0.1) is 13.8 Å². The van der Waals surface area contributed by atoms with Crippen molar-refractivity contribution in [2.75, 3.05) is 18.6 Å². The molecule has 0 atom stereocenters. The van der Waals surface area contributed by atoms with Crippen molar-refractivity contribution in [3.63, 3.8) is 0 Å². The maximum absolute atomic E-state index is 12.9. The van der Waals surface area contributed by atoms with Gasteiger partial charge in [0.15, 0.2) is 18.1 Å². The van der Waals surface area contributed by atoms with Crippen LogP contribution in [0.3, 0.4) is 0 Å². The number of carbonyl (C=O) groups is 3. The predicted molar refractivity (Wildman–Crippen MR) is 110 cm³/mol. The van der Waals surface area contributed by atoms with Gasteiger partial charge >= 0.3 is 5.97 Å². The Morgan fingerprint density at radius 2 is 1.93 bits per heavy atom. The van der Waals surface area contributed by atoms with Gasteiger partial charge in [0.25, 0.3) is 11.1 Å². The Morgan fingerprint density at radius 3 is 2.62 bits per heavy atom. The predicted octanol–water partition coefficient (Wildman–Crippen LogP) is 4.02. The van der Waals surface area contributed by atoms with Gasteiger partial charge in [0.2, 0.25) is 0 Å². The fourth-order valence-corrected chi connectivity index (χ4v) is 3.67. The van der Waals surface area contributed by atoms with E-state index in [9.17, 15) is 14.4 Å². The van der Waals surface area contributed by atoms with E-state index in [1.165, 1.54) is 12.0 Å². The highest BCUT2D eigenvalue weighted by molar-refractivity contribution is 8.19. The van der Waals surface area contributed by atoms with Gasteiger partial charge in [-0.2, -0.15) is 0 Å². The number of carbonyl (C=O) groups excluding carboxylic acids is 2. The summed E-state index contributed by atoms with van der Waals surface area (Å²) in [4.78, 5) is 37.5. The van der Waals surface area contributed by atoms with Crippen molar-refractivity contribution in [2.24, 2.45) is 0 Å². The van der Waals surface area contributed by atoms with Crippen LogP contribution in [0.15, 0.2) is 41.3 Å². The van der Waals surface area contributed by atoms with Crippen molar-refractivity contribution < 1.29 is 29.0 Å². The molecule has 1 heterocycles. The van der Waals surface area contributed by atoms with Gasteiger partial charge < -0.3 is 14.6 Å². The fraction of sp³-hybridized carbons (Fsp3) is 0.190. The summed E-state index contributed by atoms with van der Waals surface area (Å²) in [6.45, 7) is 3.30. The van der Waals surface area contributed by atoms with E-state index in [4.69, 9.17) is 14.6 Å². The van der Waals surface area contributed by atoms with E-state index in [1.807, 2.05) is 26.0 Å². The number of aliphatic carboxylic acids is 1. The van der Waals surface area contributed by atoms with Gasteiger partial charge in [-0.1, -0.05) is 18.2 Å². The zero-order valence-electron chi connectivity index (χ0n) is 16.1. The highest BCUT2D eigenvalue weighted by atomic mass is 32.2. The molecule has 0 aliphatic carbocycles. The summed E-state index contributed by atoms with van der Waals surface area (Å²) in [5.74, 6) is -0.889. The minimum atomic E-state index is -1.10. The Morgan fingerprint density at radius 1 is 1.17 bits per heavy atom. The summed E-state index contributed by atoms with van der Waals surface area (Å²) in [5, 5.41) is 8.38. The van der Waals surface area contributed by atoms with Crippen LogP contribution in [0.5, 0.6) is 11.5 Å². The van der Waals surface area contributed by atoms with Crippen LogP contribution < -0.4 is 14.4 Å². The molecule has 2 aromatic carbocycles. The second-order valence-electron chi connectivity index (χ2n) is 6.33. The molecule has 1 aliphatic heterocycles. The van der Waals surface area contributed by atoms with E-state index in [0.29, 0.717) is 17.0 Å². The first-order valence-electron chi connectivity index (χ1n) is 8.68. The number of methoxy groups -OCH3 is 1. The number of rotatable bonds is 6. The number of hydrogen-bond donors (Lipinski definition) is 1. The molecule has 0 saturated carbocycles. The average molecular weight is 413 g/mol. The van der Waals surface area contributed by atoms with Crippen LogP contribution >= 0.6 is 11.8 Å². The molecule has 1 fully saturated rings. The van der Waals surface area contributed by atoms with Crippen molar-refractivity contribution in [3.8, 4) is 11.5 Å². The molecule has 150 valence electrons. The molecule has 8 heteroatoms. The summed E-state index contributed by atoms with van der Waals surface area (Å²) in [7, 11) is 1.43. The van der Waals surface area contributed by atoms with Crippen LogP contribution in [0.1, 0.15) is 16.7 Å². The lowest BCUT2D eigenvalue weighted by Crippen LogP contribution is -2.28. The number of thioether (sulfide) groups is 1. The number of carboxylic acid groups (broad SMARTS) is 1. The van der Waals surface area contributed by atoms with Gasteiger partial charge in [-0.25, -0.2) is 9.69 Å². The Labute approximate surface area is 171 Å². The highest BCUT2D eigenvalue weighted by Crippen LogP contribution is 2.38. The average Bonchev–Trinajstić information content (AvgIpc) is 2.96. The topological polar surface area (TPSA) is 93.1 Å². The zero-order chi connectivity index (χ0) is 21.1. The minimum absolute atomic E-state index is 0.274. The van der Waals surface area contributed by atoms with Crippen LogP contribution in [0.4, 0.5) is 10.5 Å². The van der Waals surface area contributed by atoms with E-state index in [0.717, 1.165) is 22.9 Å². The van der Waals surface area contributed by atoms with Gasteiger partial charge in [-0.05, 0) is 66.6 Å². The van der Waals surface area contributed by atoms with Crippen molar-refractivity contribution in [1.29, 1.82) is 0 Å². The van der Waals surface area contributed by atoms with E-state index in [2.05, 4.69) is 0 Å². The zero-order valence-corrected chi connectivity index (χ0v) is 16.9. The summed E-state index contributed by atoms with van der Waals surface area (Å²) in [6, 6.07) is 10.3. The third kappa shape index (κ3) is 4.27. The molecule has 1 saturated heterocycles. The number of hydrogen-bond acceptors (Lipinski definition) is 6. The molecule has 1 aliphatic rings. The maximum atomic E-state index is 12.9. The lowest BCUT2D eigenvalue weighted by Gasteiger charge is -2.16. The van der Waals surface area contributed by atoms with E-state index < -0.39 is 12.6 Å². The second kappa shape index (κ2) is 8.40. The van der Waals surface area contributed by atoms with Crippen molar-refractivity contribution in [2.45, 2.75) is 13.8 Å². The van der Waals surface area contributed by atoms with Crippen molar-refractivity contribution in [1.82, 2.24) is 0 Å². The summed E-state index contributed by atoms with van der Waals surface area (Å²) < 4.78 is 10.4. The molecule has 0 radical (unpaired) electrons. The van der Waals surface area contributed by atoms with Crippen LogP contribution in [-0.4, -0.2) is 35.9 Å². The standard InChI is InChI=1S/C21H19NO6S/c1-12-5-4-6-15(13(12)2)22-20(25)18(29-21(22)26)10-14-7-8-16(17(9-14)27-3)28-11-19(23)24/h4-10H,11H2,1-3H3,(H,23,24)/b18-10+. The molecule has 0 bridgehead atoms. The van der Waals surface area contributed by atoms with Crippen molar-refractivity contribution in [3.05, 3.63) is 58.0 Å². The number of amides is 2. The Kier molecular flexibility index (Phi) is 5.93. The molecule has 0 aromatic heterocycles.